The van der Waals surface area contributed by atoms with E-state index in [0.717, 1.165) is 22.3 Å². The van der Waals surface area contributed by atoms with Crippen LogP contribution in [-0.4, -0.2) is 51.2 Å². The highest BCUT2D eigenvalue weighted by Gasteiger charge is 2.46. The van der Waals surface area contributed by atoms with Crippen molar-refractivity contribution >= 4 is 18.0 Å². The maximum absolute atomic E-state index is 12.6. The average molecular weight is 475 g/mol. The smallest absolute Gasteiger partial charge is 0.407 e. The monoisotopic (exact) mass is 474 g/mol. The Morgan fingerprint density at radius 1 is 1.09 bits per heavy atom. The zero-order valence-corrected chi connectivity index (χ0v) is 19.0. The maximum Gasteiger partial charge on any atom is 0.407 e. The van der Waals surface area contributed by atoms with E-state index < -0.39 is 29.6 Å². The Hall–Kier alpha value is -4.14. The van der Waals surface area contributed by atoms with E-state index in [9.17, 15) is 19.5 Å². The quantitative estimate of drug-likeness (QED) is 0.377. The van der Waals surface area contributed by atoms with Gasteiger partial charge in [0.15, 0.2) is 0 Å². The summed E-state index contributed by atoms with van der Waals surface area (Å²) in [5, 5.41) is 14.8. The number of hydrogen-bond donors (Lipinski definition) is 4. The fraction of sp³-hybridized carbons (Fsp3) is 0.308. The number of alkyl carbamates (subject to hydrolysis) is 1. The number of aliphatic carboxylic acids is 1. The van der Waals surface area contributed by atoms with Crippen molar-refractivity contribution in [3.8, 4) is 11.1 Å². The number of carboxylic acid groups (broad SMARTS) is 1. The molecule has 2 aliphatic rings. The predicted octanol–water partition coefficient (Wildman–Crippen LogP) is 2.98. The number of carbonyl (C=O) groups is 3. The van der Waals surface area contributed by atoms with E-state index in [2.05, 4.69) is 44.9 Å². The van der Waals surface area contributed by atoms with Crippen molar-refractivity contribution in [2.75, 3.05) is 6.61 Å². The Balaban J connectivity index is 1.16. The van der Waals surface area contributed by atoms with Gasteiger partial charge in [-0.1, -0.05) is 48.5 Å². The molecule has 2 aliphatic carbocycles. The third-order valence-electron chi connectivity index (χ3n) is 6.68. The summed E-state index contributed by atoms with van der Waals surface area (Å²) in [4.78, 5) is 43.5. The van der Waals surface area contributed by atoms with Crippen molar-refractivity contribution in [2.45, 2.75) is 43.2 Å². The summed E-state index contributed by atoms with van der Waals surface area (Å²) in [5.74, 6) is -1.62. The standard InChI is InChI=1S/C26H26N4O5/c31-23(29-22(24(32)33)11-16-13-27-15-28-16)12-26(9-10-26)30-25(34)35-14-21-19-7-3-1-5-17(19)18-6-2-4-8-20(18)21/h1-8,13,15,21-22H,9-12,14H2,(H,27,28)(H,29,31)(H,30,34)(H,32,33)/t22-/m0/s1. The summed E-state index contributed by atoms with van der Waals surface area (Å²) in [5.41, 5.74) is 4.45. The van der Waals surface area contributed by atoms with Crippen LogP contribution in [0.1, 0.15) is 42.0 Å². The van der Waals surface area contributed by atoms with E-state index in [0.29, 0.717) is 18.5 Å². The number of fused-ring (bicyclic) bond motifs is 3. The van der Waals surface area contributed by atoms with Gasteiger partial charge in [-0.3, -0.25) is 4.79 Å². The van der Waals surface area contributed by atoms with Crippen molar-refractivity contribution in [3.63, 3.8) is 0 Å². The molecule has 0 saturated heterocycles. The first-order valence-corrected chi connectivity index (χ1v) is 11.6. The molecule has 0 bridgehead atoms. The Morgan fingerprint density at radius 2 is 1.74 bits per heavy atom. The van der Waals surface area contributed by atoms with E-state index in [1.807, 2.05) is 24.3 Å². The molecule has 9 nitrogen and oxygen atoms in total. The van der Waals surface area contributed by atoms with Crippen LogP contribution in [0.4, 0.5) is 4.79 Å². The third kappa shape index (κ3) is 4.89. The van der Waals surface area contributed by atoms with Crippen LogP contribution in [0.5, 0.6) is 0 Å². The first-order valence-electron chi connectivity index (χ1n) is 11.6. The number of imidazole rings is 1. The number of amides is 2. The van der Waals surface area contributed by atoms with Crippen LogP contribution in [-0.2, 0) is 20.7 Å². The Morgan fingerprint density at radius 3 is 2.31 bits per heavy atom. The van der Waals surface area contributed by atoms with Gasteiger partial charge in [-0.2, -0.15) is 0 Å². The Bertz CT molecular complexity index is 1210. The molecule has 1 aromatic heterocycles. The van der Waals surface area contributed by atoms with Crippen molar-refractivity contribution in [1.82, 2.24) is 20.6 Å². The Kier molecular flexibility index (Phi) is 5.98. The predicted molar refractivity (Wildman–Crippen MR) is 127 cm³/mol. The molecule has 1 heterocycles. The zero-order valence-electron chi connectivity index (χ0n) is 19.0. The van der Waals surface area contributed by atoms with Crippen LogP contribution in [0.25, 0.3) is 11.1 Å². The van der Waals surface area contributed by atoms with E-state index in [-0.39, 0.29) is 25.4 Å². The van der Waals surface area contributed by atoms with E-state index >= 15 is 0 Å². The molecular formula is C26H26N4O5. The lowest BCUT2D eigenvalue weighted by atomic mass is 9.98. The molecule has 9 heteroatoms. The number of ether oxygens (including phenoxy) is 1. The molecule has 0 unspecified atom stereocenters. The minimum atomic E-state index is -1.14. The number of aromatic nitrogens is 2. The zero-order chi connectivity index (χ0) is 24.4. The number of carbonyl (C=O) groups excluding carboxylic acids is 2. The van der Waals surface area contributed by atoms with Gasteiger partial charge in [-0.05, 0) is 35.1 Å². The lowest BCUT2D eigenvalue weighted by Gasteiger charge is -2.20. The summed E-state index contributed by atoms with van der Waals surface area (Å²) in [6.45, 7) is 0.188. The van der Waals surface area contributed by atoms with Crippen LogP contribution >= 0.6 is 0 Å². The van der Waals surface area contributed by atoms with Crippen molar-refractivity contribution in [3.05, 3.63) is 77.9 Å². The molecule has 4 N–H and O–H groups in total. The minimum absolute atomic E-state index is 0.00997. The molecule has 35 heavy (non-hydrogen) atoms. The van der Waals surface area contributed by atoms with Gasteiger partial charge in [0.2, 0.25) is 5.91 Å². The van der Waals surface area contributed by atoms with Gasteiger partial charge >= 0.3 is 12.1 Å². The normalized spacial score (nSPS) is 16.0. The summed E-state index contributed by atoms with van der Waals surface area (Å²) in [6.07, 6.45) is 3.73. The lowest BCUT2D eigenvalue weighted by Crippen LogP contribution is -2.46. The van der Waals surface area contributed by atoms with Crippen LogP contribution in [0, 0.1) is 0 Å². The van der Waals surface area contributed by atoms with Crippen molar-refractivity contribution in [2.24, 2.45) is 0 Å². The molecule has 2 amide bonds. The number of benzene rings is 2. The van der Waals surface area contributed by atoms with Crippen LogP contribution in [0.2, 0.25) is 0 Å². The molecule has 1 atom stereocenters. The number of nitrogens with zero attached hydrogens (tertiary/aromatic N) is 1. The van der Waals surface area contributed by atoms with Gasteiger partial charge in [-0.25, -0.2) is 14.6 Å². The molecule has 1 fully saturated rings. The maximum atomic E-state index is 12.6. The van der Waals surface area contributed by atoms with Crippen molar-refractivity contribution in [1.29, 1.82) is 0 Å². The topological polar surface area (TPSA) is 133 Å². The molecule has 2 aromatic carbocycles. The van der Waals surface area contributed by atoms with Crippen LogP contribution in [0.3, 0.4) is 0 Å². The summed E-state index contributed by atoms with van der Waals surface area (Å²) in [7, 11) is 0. The third-order valence-corrected chi connectivity index (χ3v) is 6.68. The van der Waals surface area contributed by atoms with Gasteiger partial charge in [0, 0.05) is 30.7 Å². The van der Waals surface area contributed by atoms with Gasteiger partial charge in [-0.15, -0.1) is 0 Å². The SMILES string of the molecule is O=C(CC1(NC(=O)OCC2c3ccccc3-c3ccccc32)CC1)N[C@@H](Cc1cnc[nH]1)C(=O)O. The fourth-order valence-electron chi connectivity index (χ4n) is 4.72. The van der Waals surface area contributed by atoms with Crippen molar-refractivity contribution < 1.29 is 24.2 Å². The largest absolute Gasteiger partial charge is 0.480 e. The second-order valence-electron chi connectivity index (χ2n) is 9.15. The number of carboxylic acids is 1. The van der Waals surface area contributed by atoms with Crippen LogP contribution < -0.4 is 10.6 Å². The molecule has 1 saturated carbocycles. The molecule has 5 rings (SSSR count). The second-order valence-corrected chi connectivity index (χ2v) is 9.15. The number of H-pyrrole nitrogens is 1. The molecule has 0 spiro atoms. The first kappa shape index (κ1) is 22.6. The highest BCUT2D eigenvalue weighted by atomic mass is 16.5. The van der Waals surface area contributed by atoms with Gasteiger partial charge < -0.3 is 25.5 Å². The number of aromatic amines is 1. The van der Waals surface area contributed by atoms with Crippen LogP contribution in [0.15, 0.2) is 61.1 Å². The first-order chi connectivity index (χ1) is 16.9. The summed E-state index contributed by atoms with van der Waals surface area (Å²) >= 11 is 0. The average Bonchev–Trinajstić information content (AvgIpc) is 3.26. The number of hydrogen-bond acceptors (Lipinski definition) is 5. The molecule has 0 radical (unpaired) electrons. The highest BCUT2D eigenvalue weighted by Crippen LogP contribution is 2.44. The fourth-order valence-corrected chi connectivity index (χ4v) is 4.72. The number of nitrogens with one attached hydrogen (secondary N) is 3. The molecule has 180 valence electrons. The van der Waals surface area contributed by atoms with E-state index in [1.54, 1.807) is 0 Å². The van der Waals surface area contributed by atoms with Gasteiger partial charge in [0.25, 0.3) is 0 Å². The summed E-state index contributed by atoms with van der Waals surface area (Å²) in [6, 6.07) is 15.1. The molecule has 3 aromatic rings. The summed E-state index contributed by atoms with van der Waals surface area (Å²) < 4.78 is 5.60. The minimum Gasteiger partial charge on any atom is -0.480 e. The van der Waals surface area contributed by atoms with Gasteiger partial charge in [0.1, 0.15) is 12.6 Å². The van der Waals surface area contributed by atoms with E-state index in [4.69, 9.17) is 4.74 Å². The highest BCUT2D eigenvalue weighted by molar-refractivity contribution is 5.85. The molecule has 0 aliphatic heterocycles. The van der Waals surface area contributed by atoms with E-state index in [1.165, 1.54) is 12.5 Å². The van der Waals surface area contributed by atoms with Gasteiger partial charge in [0.05, 0.1) is 11.9 Å². The number of rotatable bonds is 9. The Labute approximate surface area is 201 Å². The second kappa shape index (κ2) is 9.25. The lowest BCUT2D eigenvalue weighted by molar-refractivity contribution is -0.141. The molecular weight excluding hydrogens is 448 g/mol.